The number of nitrogens with one attached hydrogen (secondary N) is 1. The molecule has 3 aromatic carbocycles. The first kappa shape index (κ1) is 24.2. The van der Waals surface area contributed by atoms with Crippen LogP contribution < -0.4 is 5.43 Å². The predicted molar refractivity (Wildman–Crippen MR) is 128 cm³/mol. The van der Waals surface area contributed by atoms with Crippen LogP contribution in [-0.2, 0) is 21.4 Å². The van der Waals surface area contributed by atoms with Gasteiger partial charge in [-0.15, -0.1) is 0 Å². The highest BCUT2D eigenvalue weighted by Gasteiger charge is 2.26. The first-order valence-corrected chi connectivity index (χ1v) is 11.9. The minimum atomic E-state index is -3.95. The standard InChI is InChI=1S/C22H18Cl3N3O3S/c23-17-11-9-16(10-12-17)14-28(32(30,31)18-5-2-1-3-6-18)15-22(29)27-26-13-19-20(24)7-4-8-21(19)25/h1-13H,14-15H2,(H,27,29)/b26-13+. The van der Waals surface area contributed by atoms with E-state index in [1.807, 2.05) is 0 Å². The molecule has 3 rings (SSSR count). The van der Waals surface area contributed by atoms with Crippen LogP contribution in [0.2, 0.25) is 15.1 Å². The lowest BCUT2D eigenvalue weighted by molar-refractivity contribution is -0.121. The first-order chi connectivity index (χ1) is 15.3. The van der Waals surface area contributed by atoms with E-state index in [9.17, 15) is 13.2 Å². The van der Waals surface area contributed by atoms with Crippen LogP contribution in [0.3, 0.4) is 0 Å². The summed E-state index contributed by atoms with van der Waals surface area (Å²) in [4.78, 5) is 12.6. The van der Waals surface area contributed by atoms with E-state index in [2.05, 4.69) is 10.5 Å². The van der Waals surface area contributed by atoms with Gasteiger partial charge < -0.3 is 0 Å². The third kappa shape index (κ3) is 6.31. The van der Waals surface area contributed by atoms with E-state index in [0.717, 1.165) is 4.31 Å². The number of sulfonamides is 1. The number of hydrogen-bond acceptors (Lipinski definition) is 4. The Morgan fingerprint density at radius 2 is 1.53 bits per heavy atom. The van der Waals surface area contributed by atoms with Gasteiger partial charge in [-0.3, -0.25) is 4.79 Å². The summed E-state index contributed by atoms with van der Waals surface area (Å²) >= 11 is 18.1. The van der Waals surface area contributed by atoms with Crippen LogP contribution in [0.1, 0.15) is 11.1 Å². The van der Waals surface area contributed by atoms with Gasteiger partial charge in [-0.1, -0.05) is 71.2 Å². The second-order valence-corrected chi connectivity index (χ2v) is 9.83. The van der Waals surface area contributed by atoms with Gasteiger partial charge in [-0.2, -0.15) is 9.41 Å². The van der Waals surface area contributed by atoms with Crippen LogP contribution in [0.4, 0.5) is 0 Å². The molecule has 0 saturated carbocycles. The Kier molecular flexibility index (Phi) is 8.28. The number of amides is 1. The van der Waals surface area contributed by atoms with Gasteiger partial charge in [0.1, 0.15) is 0 Å². The van der Waals surface area contributed by atoms with Crippen molar-refractivity contribution >= 4 is 56.9 Å². The molecule has 1 N–H and O–H groups in total. The summed E-state index contributed by atoms with van der Waals surface area (Å²) in [5, 5.41) is 5.12. The lowest BCUT2D eigenvalue weighted by atomic mass is 10.2. The second-order valence-electron chi connectivity index (χ2n) is 6.64. The van der Waals surface area contributed by atoms with Gasteiger partial charge in [0.2, 0.25) is 10.0 Å². The third-order valence-corrected chi connectivity index (χ3v) is 7.07. The third-order valence-electron chi connectivity index (χ3n) is 4.36. The normalized spacial score (nSPS) is 11.8. The van der Waals surface area contributed by atoms with Crippen LogP contribution >= 0.6 is 34.8 Å². The van der Waals surface area contributed by atoms with E-state index < -0.39 is 22.5 Å². The van der Waals surface area contributed by atoms with Gasteiger partial charge in [0, 0.05) is 17.1 Å². The first-order valence-electron chi connectivity index (χ1n) is 9.33. The number of carbonyl (C=O) groups is 1. The van der Waals surface area contributed by atoms with Crippen LogP contribution in [0.25, 0.3) is 0 Å². The quantitative estimate of drug-likeness (QED) is 0.343. The van der Waals surface area contributed by atoms with Crippen molar-refractivity contribution in [2.75, 3.05) is 6.54 Å². The zero-order valence-corrected chi connectivity index (χ0v) is 19.7. The van der Waals surface area contributed by atoms with Crippen molar-refractivity contribution in [1.29, 1.82) is 0 Å². The summed E-state index contributed by atoms with van der Waals surface area (Å²) in [5.41, 5.74) is 3.43. The maximum absolute atomic E-state index is 13.2. The Balaban J connectivity index is 1.79. The molecule has 0 saturated heterocycles. The lowest BCUT2D eigenvalue weighted by Gasteiger charge is -2.21. The Hall–Kier alpha value is -2.42. The van der Waals surface area contributed by atoms with Crippen molar-refractivity contribution in [3.8, 4) is 0 Å². The van der Waals surface area contributed by atoms with Crippen molar-refractivity contribution in [2.45, 2.75) is 11.4 Å². The smallest absolute Gasteiger partial charge is 0.255 e. The summed E-state index contributed by atoms with van der Waals surface area (Å²) in [5.74, 6) is -0.627. The minimum absolute atomic E-state index is 0.0259. The highest BCUT2D eigenvalue weighted by molar-refractivity contribution is 7.89. The molecule has 6 nitrogen and oxygen atoms in total. The van der Waals surface area contributed by atoms with Crippen molar-refractivity contribution in [2.24, 2.45) is 5.10 Å². The Morgan fingerprint density at radius 1 is 0.906 bits per heavy atom. The summed E-state index contributed by atoms with van der Waals surface area (Å²) in [6.45, 7) is -0.477. The summed E-state index contributed by atoms with van der Waals surface area (Å²) in [6, 6.07) is 19.6. The fourth-order valence-corrected chi connectivity index (χ4v) is 4.79. The van der Waals surface area contributed by atoms with Gasteiger partial charge in [0.25, 0.3) is 5.91 Å². The number of halogens is 3. The van der Waals surface area contributed by atoms with E-state index >= 15 is 0 Å². The number of benzene rings is 3. The zero-order valence-electron chi connectivity index (χ0n) is 16.6. The van der Waals surface area contributed by atoms with Gasteiger partial charge in [-0.25, -0.2) is 13.8 Å². The topological polar surface area (TPSA) is 78.8 Å². The lowest BCUT2D eigenvalue weighted by Crippen LogP contribution is -2.39. The monoisotopic (exact) mass is 509 g/mol. The highest BCUT2D eigenvalue weighted by atomic mass is 35.5. The molecule has 0 heterocycles. The molecule has 0 aliphatic heterocycles. The molecule has 0 fully saturated rings. The predicted octanol–water partition coefficient (Wildman–Crippen LogP) is 4.99. The molecule has 0 aromatic heterocycles. The molecule has 32 heavy (non-hydrogen) atoms. The van der Waals surface area contributed by atoms with Crippen LogP contribution in [0, 0.1) is 0 Å². The molecular formula is C22H18Cl3N3O3S. The summed E-state index contributed by atoms with van der Waals surface area (Å²) < 4.78 is 27.4. The maximum Gasteiger partial charge on any atom is 0.255 e. The van der Waals surface area contributed by atoms with Gasteiger partial charge >= 0.3 is 0 Å². The zero-order chi connectivity index (χ0) is 23.1. The Morgan fingerprint density at radius 3 is 2.16 bits per heavy atom. The molecule has 1 amide bonds. The molecular weight excluding hydrogens is 493 g/mol. The SMILES string of the molecule is O=C(CN(Cc1ccc(Cl)cc1)S(=O)(=O)c1ccccc1)N/N=C/c1c(Cl)cccc1Cl. The molecule has 3 aromatic rings. The fourth-order valence-electron chi connectivity index (χ4n) is 2.76. The molecule has 0 spiro atoms. The van der Waals surface area contributed by atoms with E-state index in [0.29, 0.717) is 26.2 Å². The molecule has 0 atom stereocenters. The molecule has 0 radical (unpaired) electrons. The number of rotatable bonds is 8. The van der Waals surface area contributed by atoms with E-state index in [1.165, 1.54) is 18.3 Å². The molecule has 0 unspecified atom stereocenters. The largest absolute Gasteiger partial charge is 0.272 e. The number of hydrogen-bond donors (Lipinski definition) is 1. The molecule has 10 heteroatoms. The average Bonchev–Trinajstić information content (AvgIpc) is 2.77. The average molecular weight is 511 g/mol. The van der Waals surface area contributed by atoms with Crippen LogP contribution in [0.5, 0.6) is 0 Å². The van der Waals surface area contributed by atoms with Crippen molar-refractivity contribution in [1.82, 2.24) is 9.73 Å². The molecule has 0 aliphatic rings. The molecule has 166 valence electrons. The van der Waals surface area contributed by atoms with Crippen LogP contribution in [-0.4, -0.2) is 31.4 Å². The number of hydrazone groups is 1. The highest BCUT2D eigenvalue weighted by Crippen LogP contribution is 2.22. The van der Waals surface area contributed by atoms with Crippen molar-refractivity contribution < 1.29 is 13.2 Å². The molecule has 0 bridgehead atoms. The van der Waals surface area contributed by atoms with Gasteiger partial charge in [0.15, 0.2) is 0 Å². The van der Waals surface area contributed by atoms with E-state index in [1.54, 1.807) is 60.7 Å². The maximum atomic E-state index is 13.2. The van der Waals surface area contributed by atoms with Gasteiger partial charge in [-0.05, 0) is 42.0 Å². The summed E-state index contributed by atoms with van der Waals surface area (Å²) in [6.07, 6.45) is 1.30. The second kappa shape index (κ2) is 10.9. The Labute approximate surface area is 201 Å². The Bertz CT molecular complexity index is 1200. The number of nitrogens with zero attached hydrogens (tertiary/aromatic N) is 2. The van der Waals surface area contributed by atoms with Gasteiger partial charge in [0.05, 0.1) is 27.7 Å². The molecule has 0 aliphatic carbocycles. The van der Waals surface area contributed by atoms with Crippen molar-refractivity contribution in [3.63, 3.8) is 0 Å². The fraction of sp³-hybridized carbons (Fsp3) is 0.0909. The summed E-state index contributed by atoms with van der Waals surface area (Å²) in [7, 11) is -3.95. The van der Waals surface area contributed by atoms with Crippen LogP contribution in [0.15, 0.2) is 82.8 Å². The van der Waals surface area contributed by atoms with E-state index in [4.69, 9.17) is 34.8 Å². The minimum Gasteiger partial charge on any atom is -0.272 e. The number of carbonyl (C=O) groups excluding carboxylic acids is 1. The van der Waals surface area contributed by atoms with Crippen molar-refractivity contribution in [3.05, 3.63) is 99.0 Å². The van der Waals surface area contributed by atoms with E-state index in [-0.39, 0.29) is 11.4 Å².